The van der Waals surface area contributed by atoms with Crippen molar-refractivity contribution in [1.82, 2.24) is 10.2 Å². The van der Waals surface area contributed by atoms with E-state index in [-0.39, 0.29) is 6.04 Å². The van der Waals surface area contributed by atoms with Gasteiger partial charge >= 0.3 is 0 Å². The number of fused-ring (bicyclic) bond motifs is 1. The molecule has 1 aromatic rings. The van der Waals surface area contributed by atoms with Crippen molar-refractivity contribution in [2.45, 2.75) is 31.8 Å². The maximum absolute atomic E-state index is 12.4. The number of amides is 1. The minimum atomic E-state index is -0.00370. The van der Waals surface area contributed by atoms with Crippen LogP contribution in [0.25, 0.3) is 0 Å². The highest BCUT2D eigenvalue weighted by Gasteiger charge is 2.54. The molecule has 0 unspecified atom stereocenters. The summed E-state index contributed by atoms with van der Waals surface area (Å²) >= 11 is 0. The van der Waals surface area contributed by atoms with E-state index in [0.717, 1.165) is 26.1 Å². The predicted octanol–water partition coefficient (Wildman–Crippen LogP) is 1.32. The number of nitrogens with one attached hydrogen (secondary N) is 1. The van der Waals surface area contributed by atoms with Gasteiger partial charge in [-0.25, -0.2) is 0 Å². The first kappa shape index (κ1) is 10.6. The smallest absolute Gasteiger partial charge is 0.240 e. The quantitative estimate of drug-likeness (QED) is 0.805. The second-order valence-corrected chi connectivity index (χ2v) is 6.10. The van der Waals surface area contributed by atoms with E-state index in [9.17, 15) is 4.79 Å². The third-order valence-corrected chi connectivity index (χ3v) is 4.70. The maximum atomic E-state index is 12.4. The van der Waals surface area contributed by atoms with Crippen LogP contribution in [0.2, 0.25) is 0 Å². The minimum absolute atomic E-state index is 0.00370. The van der Waals surface area contributed by atoms with Crippen molar-refractivity contribution in [2.75, 3.05) is 13.1 Å². The molecule has 1 saturated heterocycles. The average molecular weight is 242 g/mol. The van der Waals surface area contributed by atoms with Crippen molar-refractivity contribution in [3.63, 3.8) is 0 Å². The van der Waals surface area contributed by atoms with E-state index in [1.54, 1.807) is 0 Å². The molecule has 1 spiro atoms. The van der Waals surface area contributed by atoms with E-state index in [2.05, 4.69) is 29.6 Å². The lowest BCUT2D eigenvalue weighted by molar-refractivity contribution is -0.141. The summed E-state index contributed by atoms with van der Waals surface area (Å²) in [5.41, 5.74) is 3.22. The van der Waals surface area contributed by atoms with Gasteiger partial charge in [0.25, 0.3) is 0 Å². The Morgan fingerprint density at radius 1 is 1.22 bits per heavy atom. The zero-order valence-electron chi connectivity index (χ0n) is 10.5. The van der Waals surface area contributed by atoms with Crippen LogP contribution in [0.1, 0.15) is 24.0 Å². The van der Waals surface area contributed by atoms with Crippen LogP contribution in [0, 0.1) is 5.41 Å². The zero-order valence-corrected chi connectivity index (χ0v) is 10.5. The van der Waals surface area contributed by atoms with Gasteiger partial charge in [0.1, 0.15) is 0 Å². The molecular formula is C15H18N2O. The fourth-order valence-corrected chi connectivity index (χ4v) is 3.26. The minimum Gasteiger partial charge on any atom is -0.340 e. The Bertz CT molecular complexity index is 499. The molecule has 1 aromatic carbocycles. The highest BCUT2D eigenvalue weighted by molar-refractivity contribution is 5.83. The van der Waals surface area contributed by atoms with Crippen molar-refractivity contribution in [3.05, 3.63) is 35.4 Å². The van der Waals surface area contributed by atoms with Gasteiger partial charge in [0.05, 0.1) is 6.04 Å². The third-order valence-electron chi connectivity index (χ3n) is 4.70. The molecule has 1 atom stereocenters. The van der Waals surface area contributed by atoms with Crippen LogP contribution in [0.5, 0.6) is 0 Å². The van der Waals surface area contributed by atoms with Gasteiger partial charge in [0.2, 0.25) is 5.91 Å². The normalized spacial score (nSPS) is 27.6. The number of benzene rings is 1. The van der Waals surface area contributed by atoms with Crippen LogP contribution < -0.4 is 5.32 Å². The monoisotopic (exact) mass is 242 g/mol. The molecule has 2 aliphatic heterocycles. The lowest BCUT2D eigenvalue weighted by Gasteiger charge is -2.42. The van der Waals surface area contributed by atoms with Crippen molar-refractivity contribution in [1.29, 1.82) is 0 Å². The van der Waals surface area contributed by atoms with E-state index in [4.69, 9.17) is 0 Å². The van der Waals surface area contributed by atoms with Crippen molar-refractivity contribution in [3.8, 4) is 0 Å². The van der Waals surface area contributed by atoms with Crippen molar-refractivity contribution in [2.24, 2.45) is 5.41 Å². The Balaban J connectivity index is 1.46. The lowest BCUT2D eigenvalue weighted by Crippen LogP contribution is -2.58. The van der Waals surface area contributed by atoms with Gasteiger partial charge in [-0.15, -0.1) is 0 Å². The molecule has 3 nitrogen and oxygen atoms in total. The summed E-state index contributed by atoms with van der Waals surface area (Å²) in [5, 5.41) is 3.38. The summed E-state index contributed by atoms with van der Waals surface area (Å²) in [4.78, 5) is 14.4. The Morgan fingerprint density at radius 3 is 2.67 bits per heavy atom. The molecular weight excluding hydrogens is 224 g/mol. The van der Waals surface area contributed by atoms with E-state index in [0.29, 0.717) is 11.3 Å². The number of nitrogens with zero attached hydrogens (tertiary/aromatic N) is 1. The summed E-state index contributed by atoms with van der Waals surface area (Å²) in [6, 6.07) is 8.42. The largest absolute Gasteiger partial charge is 0.340 e. The molecule has 3 heteroatoms. The molecule has 1 aliphatic carbocycles. The Kier molecular flexibility index (Phi) is 2.10. The van der Waals surface area contributed by atoms with Crippen LogP contribution in [0.4, 0.5) is 0 Å². The van der Waals surface area contributed by atoms with Crippen molar-refractivity contribution >= 4 is 5.91 Å². The Hall–Kier alpha value is -1.35. The fourth-order valence-electron chi connectivity index (χ4n) is 3.26. The lowest BCUT2D eigenvalue weighted by atomic mass is 9.91. The first-order valence-electron chi connectivity index (χ1n) is 6.85. The van der Waals surface area contributed by atoms with Gasteiger partial charge in [-0.05, 0) is 30.4 Å². The van der Waals surface area contributed by atoms with E-state index in [1.165, 1.54) is 24.0 Å². The summed E-state index contributed by atoms with van der Waals surface area (Å²) in [6.45, 7) is 2.84. The number of carbonyl (C=O) groups is 1. The average Bonchev–Trinajstić information content (AvgIpc) is 3.16. The van der Waals surface area contributed by atoms with Crippen LogP contribution in [0.15, 0.2) is 24.3 Å². The first-order chi connectivity index (χ1) is 8.76. The van der Waals surface area contributed by atoms with E-state index >= 15 is 0 Å². The van der Waals surface area contributed by atoms with Gasteiger partial charge < -0.3 is 10.2 Å². The molecule has 1 amide bonds. The number of carbonyl (C=O) groups excluding carboxylic acids is 1. The standard InChI is InChI=1S/C15H18N2O/c18-14(17-9-15(10-17)5-6-15)13-7-11-3-1-2-4-12(11)8-16-13/h1-4,13,16H,5-10H2/t13-/m0/s1. The molecule has 0 aromatic heterocycles. The molecule has 0 radical (unpaired) electrons. The van der Waals surface area contributed by atoms with Crippen LogP contribution in [-0.4, -0.2) is 29.9 Å². The molecule has 18 heavy (non-hydrogen) atoms. The molecule has 1 saturated carbocycles. The van der Waals surface area contributed by atoms with Gasteiger partial charge in [0, 0.05) is 25.0 Å². The molecule has 94 valence electrons. The zero-order chi connectivity index (χ0) is 12.2. The fraction of sp³-hybridized carbons (Fsp3) is 0.533. The molecule has 2 fully saturated rings. The van der Waals surface area contributed by atoms with E-state index < -0.39 is 0 Å². The highest BCUT2D eigenvalue weighted by atomic mass is 16.2. The van der Waals surface area contributed by atoms with Crippen LogP contribution >= 0.6 is 0 Å². The summed E-state index contributed by atoms with van der Waals surface area (Å²) < 4.78 is 0. The topological polar surface area (TPSA) is 32.3 Å². The molecule has 4 rings (SSSR count). The summed E-state index contributed by atoms with van der Waals surface area (Å²) in [5.74, 6) is 0.307. The Morgan fingerprint density at radius 2 is 1.94 bits per heavy atom. The number of hydrogen-bond donors (Lipinski definition) is 1. The number of hydrogen-bond acceptors (Lipinski definition) is 2. The van der Waals surface area contributed by atoms with E-state index in [1.807, 2.05) is 4.90 Å². The molecule has 1 N–H and O–H groups in total. The Labute approximate surface area is 107 Å². The van der Waals surface area contributed by atoms with Gasteiger partial charge in [-0.3, -0.25) is 4.79 Å². The predicted molar refractivity (Wildman–Crippen MR) is 69.0 cm³/mol. The maximum Gasteiger partial charge on any atom is 0.240 e. The summed E-state index contributed by atoms with van der Waals surface area (Å²) in [6.07, 6.45) is 3.51. The van der Waals surface area contributed by atoms with Crippen LogP contribution in [0.3, 0.4) is 0 Å². The highest BCUT2D eigenvalue weighted by Crippen LogP contribution is 2.52. The third kappa shape index (κ3) is 1.57. The SMILES string of the molecule is O=C([C@@H]1Cc2ccccc2CN1)N1CC2(CC2)C1. The van der Waals surface area contributed by atoms with Crippen LogP contribution in [-0.2, 0) is 17.8 Å². The molecule has 3 aliphatic rings. The number of likely N-dealkylation sites (tertiary alicyclic amines) is 1. The van der Waals surface area contributed by atoms with Gasteiger partial charge in [0.15, 0.2) is 0 Å². The second-order valence-electron chi connectivity index (χ2n) is 6.10. The summed E-state index contributed by atoms with van der Waals surface area (Å²) in [7, 11) is 0. The molecule has 0 bridgehead atoms. The van der Waals surface area contributed by atoms with Crippen molar-refractivity contribution < 1.29 is 4.79 Å². The van der Waals surface area contributed by atoms with Gasteiger partial charge in [-0.2, -0.15) is 0 Å². The second kappa shape index (κ2) is 3.58. The molecule has 2 heterocycles. The first-order valence-corrected chi connectivity index (χ1v) is 6.85. The van der Waals surface area contributed by atoms with Gasteiger partial charge in [-0.1, -0.05) is 24.3 Å². The number of rotatable bonds is 1.